The molecule has 0 saturated carbocycles. The number of thiocarbonyl (C=S) groups is 1. The van der Waals surface area contributed by atoms with Gasteiger partial charge in [0.1, 0.15) is 0 Å². The third kappa shape index (κ3) is 5.83. The van der Waals surface area contributed by atoms with Crippen LogP contribution in [0, 0.1) is 6.92 Å². The molecule has 0 spiro atoms. The van der Waals surface area contributed by atoms with Crippen molar-refractivity contribution in [2.75, 3.05) is 13.1 Å². The largest absolute Gasteiger partial charge is 0.393 e. The van der Waals surface area contributed by atoms with Gasteiger partial charge in [-0.15, -0.1) is 0 Å². The van der Waals surface area contributed by atoms with Crippen LogP contribution in [0.4, 0.5) is 0 Å². The number of nitrogens with two attached hydrogens (primary N) is 1. The quantitative estimate of drug-likeness (QED) is 0.779. The lowest BCUT2D eigenvalue weighted by molar-refractivity contribution is -0.130. The van der Waals surface area contributed by atoms with Gasteiger partial charge in [0, 0.05) is 25.9 Å². The van der Waals surface area contributed by atoms with Crippen LogP contribution in [-0.2, 0) is 11.2 Å². The molecular formula is C15H22N2OS. The minimum absolute atomic E-state index is 0.167. The Morgan fingerprint density at radius 1 is 1.37 bits per heavy atom. The summed E-state index contributed by atoms with van der Waals surface area (Å²) < 4.78 is 0. The van der Waals surface area contributed by atoms with E-state index in [0.717, 1.165) is 6.42 Å². The Hall–Kier alpha value is -1.42. The molecule has 104 valence electrons. The molecular weight excluding hydrogens is 256 g/mol. The number of amides is 1. The Balaban J connectivity index is 2.46. The summed E-state index contributed by atoms with van der Waals surface area (Å²) in [6.07, 6.45) is 1.91. The molecule has 0 bridgehead atoms. The first-order valence-electron chi connectivity index (χ1n) is 6.64. The topological polar surface area (TPSA) is 46.3 Å². The molecule has 1 rings (SSSR count). The third-order valence-corrected chi connectivity index (χ3v) is 3.28. The molecule has 0 fully saturated rings. The highest BCUT2D eigenvalue weighted by atomic mass is 32.1. The fourth-order valence-corrected chi connectivity index (χ4v) is 2.07. The average molecular weight is 278 g/mol. The highest BCUT2D eigenvalue weighted by Crippen LogP contribution is 2.08. The van der Waals surface area contributed by atoms with Crippen LogP contribution in [0.25, 0.3) is 0 Å². The average Bonchev–Trinajstić information content (AvgIpc) is 2.37. The van der Waals surface area contributed by atoms with Gasteiger partial charge in [0.2, 0.25) is 5.91 Å². The van der Waals surface area contributed by atoms with Crippen molar-refractivity contribution in [1.82, 2.24) is 4.90 Å². The van der Waals surface area contributed by atoms with Gasteiger partial charge in [-0.1, -0.05) is 42.0 Å². The number of hydrogen-bond donors (Lipinski definition) is 1. The fourth-order valence-electron chi connectivity index (χ4n) is 1.98. The lowest BCUT2D eigenvalue weighted by atomic mass is 10.1. The molecule has 0 heterocycles. The van der Waals surface area contributed by atoms with Crippen LogP contribution in [0.15, 0.2) is 24.3 Å². The fraction of sp³-hybridized carbons (Fsp3) is 0.467. The molecule has 2 N–H and O–H groups in total. The van der Waals surface area contributed by atoms with E-state index in [4.69, 9.17) is 18.0 Å². The summed E-state index contributed by atoms with van der Waals surface area (Å²) in [5.41, 5.74) is 7.91. The molecule has 0 radical (unpaired) electrons. The van der Waals surface area contributed by atoms with Crippen molar-refractivity contribution in [1.29, 1.82) is 0 Å². The van der Waals surface area contributed by atoms with Gasteiger partial charge in [-0.25, -0.2) is 0 Å². The van der Waals surface area contributed by atoms with E-state index in [2.05, 4.69) is 25.1 Å². The van der Waals surface area contributed by atoms with Crippen molar-refractivity contribution in [2.45, 2.75) is 33.1 Å². The van der Waals surface area contributed by atoms with Gasteiger partial charge in [-0.05, 0) is 25.8 Å². The summed E-state index contributed by atoms with van der Waals surface area (Å²) in [6, 6.07) is 8.27. The molecule has 0 aliphatic carbocycles. The number of carbonyl (C=O) groups excluding carboxylic acids is 1. The van der Waals surface area contributed by atoms with Crippen molar-refractivity contribution >= 4 is 23.1 Å². The maximum atomic E-state index is 12.1. The van der Waals surface area contributed by atoms with E-state index in [9.17, 15) is 4.79 Å². The number of nitrogens with zero attached hydrogens (tertiary/aromatic N) is 1. The predicted molar refractivity (Wildman–Crippen MR) is 83.2 cm³/mol. The van der Waals surface area contributed by atoms with Crippen molar-refractivity contribution in [3.8, 4) is 0 Å². The molecule has 0 saturated heterocycles. The van der Waals surface area contributed by atoms with Gasteiger partial charge in [-0.3, -0.25) is 4.79 Å². The second-order valence-electron chi connectivity index (χ2n) is 4.68. The summed E-state index contributed by atoms with van der Waals surface area (Å²) in [4.78, 5) is 14.4. The van der Waals surface area contributed by atoms with Crippen molar-refractivity contribution in [3.05, 3.63) is 35.4 Å². The first-order chi connectivity index (χ1) is 9.02. The molecule has 4 heteroatoms. The highest BCUT2D eigenvalue weighted by molar-refractivity contribution is 7.80. The molecule has 0 aliphatic rings. The summed E-state index contributed by atoms with van der Waals surface area (Å²) in [6.45, 7) is 5.36. The van der Waals surface area contributed by atoms with E-state index in [1.54, 1.807) is 0 Å². The maximum absolute atomic E-state index is 12.1. The van der Waals surface area contributed by atoms with Crippen LogP contribution in [0.1, 0.15) is 30.9 Å². The zero-order chi connectivity index (χ0) is 14.3. The first kappa shape index (κ1) is 15.6. The molecule has 3 nitrogen and oxygen atoms in total. The van der Waals surface area contributed by atoms with E-state index in [1.165, 1.54) is 11.1 Å². The monoisotopic (exact) mass is 278 g/mol. The number of hydrogen-bond acceptors (Lipinski definition) is 2. The van der Waals surface area contributed by atoms with Crippen LogP contribution in [0.2, 0.25) is 0 Å². The molecule has 0 unspecified atom stereocenters. The van der Waals surface area contributed by atoms with Gasteiger partial charge >= 0.3 is 0 Å². The minimum Gasteiger partial charge on any atom is -0.393 e. The van der Waals surface area contributed by atoms with Crippen LogP contribution in [0.3, 0.4) is 0 Å². The summed E-state index contributed by atoms with van der Waals surface area (Å²) in [7, 11) is 0. The third-order valence-electron chi connectivity index (χ3n) is 3.07. The number of benzene rings is 1. The standard InChI is InChI=1S/C15H22N2OS/c1-3-17(10-9-14(16)19)15(18)8-7-13-6-4-5-12(2)11-13/h4-6,11H,3,7-10H2,1-2H3,(H2,16,19). The molecule has 0 aromatic heterocycles. The van der Waals surface area contributed by atoms with Crippen LogP contribution in [-0.4, -0.2) is 28.9 Å². The zero-order valence-electron chi connectivity index (χ0n) is 11.7. The van der Waals surface area contributed by atoms with Crippen molar-refractivity contribution < 1.29 is 4.79 Å². The summed E-state index contributed by atoms with van der Waals surface area (Å²) in [5.74, 6) is 0.167. The normalized spacial score (nSPS) is 10.2. The number of carbonyl (C=O) groups is 1. The van der Waals surface area contributed by atoms with E-state index in [0.29, 0.717) is 30.9 Å². The van der Waals surface area contributed by atoms with Gasteiger partial charge in [-0.2, -0.15) is 0 Å². The summed E-state index contributed by atoms with van der Waals surface area (Å²) >= 11 is 4.84. The highest BCUT2D eigenvalue weighted by Gasteiger charge is 2.11. The Labute approximate surface area is 120 Å². The second kappa shape index (κ2) is 7.89. The number of aryl methyl sites for hydroxylation is 2. The molecule has 0 aliphatic heterocycles. The van der Waals surface area contributed by atoms with E-state index < -0.39 is 0 Å². The van der Waals surface area contributed by atoms with E-state index in [-0.39, 0.29) is 5.91 Å². The second-order valence-corrected chi connectivity index (χ2v) is 5.20. The van der Waals surface area contributed by atoms with Crippen LogP contribution >= 0.6 is 12.2 Å². The van der Waals surface area contributed by atoms with Crippen LogP contribution < -0.4 is 5.73 Å². The van der Waals surface area contributed by atoms with Gasteiger partial charge in [0.25, 0.3) is 0 Å². The lowest BCUT2D eigenvalue weighted by Crippen LogP contribution is -2.33. The van der Waals surface area contributed by atoms with Crippen molar-refractivity contribution in [3.63, 3.8) is 0 Å². The smallest absolute Gasteiger partial charge is 0.222 e. The lowest BCUT2D eigenvalue weighted by Gasteiger charge is -2.20. The SMILES string of the molecule is CCN(CCC(N)=S)C(=O)CCc1cccc(C)c1. The summed E-state index contributed by atoms with van der Waals surface area (Å²) in [5, 5.41) is 0. The van der Waals surface area contributed by atoms with Gasteiger partial charge < -0.3 is 10.6 Å². The minimum atomic E-state index is 0.167. The molecule has 1 amide bonds. The first-order valence-corrected chi connectivity index (χ1v) is 7.05. The Kier molecular flexibility index (Phi) is 6.50. The van der Waals surface area contributed by atoms with E-state index in [1.807, 2.05) is 17.9 Å². The zero-order valence-corrected chi connectivity index (χ0v) is 12.5. The molecule has 19 heavy (non-hydrogen) atoms. The predicted octanol–water partition coefficient (Wildman–Crippen LogP) is 2.45. The molecule has 0 atom stereocenters. The molecule has 1 aromatic rings. The Morgan fingerprint density at radius 2 is 2.11 bits per heavy atom. The van der Waals surface area contributed by atoms with Crippen LogP contribution in [0.5, 0.6) is 0 Å². The van der Waals surface area contributed by atoms with Gasteiger partial charge in [0.15, 0.2) is 0 Å². The number of rotatable bonds is 7. The van der Waals surface area contributed by atoms with E-state index >= 15 is 0 Å². The Morgan fingerprint density at radius 3 is 2.68 bits per heavy atom. The van der Waals surface area contributed by atoms with Crippen molar-refractivity contribution in [2.24, 2.45) is 5.73 Å². The van der Waals surface area contributed by atoms with Gasteiger partial charge in [0.05, 0.1) is 4.99 Å². The maximum Gasteiger partial charge on any atom is 0.222 e. The Bertz CT molecular complexity index is 446. The molecule has 1 aromatic carbocycles.